The van der Waals surface area contributed by atoms with Crippen molar-refractivity contribution in [2.24, 2.45) is 11.8 Å². The van der Waals surface area contributed by atoms with E-state index in [1.807, 2.05) is 6.92 Å². The molecule has 1 heterocycles. The number of nitrogens with one attached hydrogen (secondary N) is 2. The molecule has 20 heavy (non-hydrogen) atoms. The maximum Gasteiger partial charge on any atom is 0.271 e. The second-order valence-electron chi connectivity index (χ2n) is 5.55. The highest BCUT2D eigenvalue weighted by Crippen LogP contribution is 2.28. The molecule has 0 saturated heterocycles. The van der Waals surface area contributed by atoms with Crippen LogP contribution < -0.4 is 10.6 Å². The van der Waals surface area contributed by atoms with E-state index in [0.29, 0.717) is 23.3 Å². The molecule has 2 rings (SSSR count). The SMILES string of the molecule is CCNc1cncc(C(=O)NCC2CCCCC2C)n1. The Morgan fingerprint density at radius 2 is 2.15 bits per heavy atom. The monoisotopic (exact) mass is 276 g/mol. The van der Waals surface area contributed by atoms with E-state index in [4.69, 9.17) is 0 Å². The number of carbonyl (C=O) groups excluding carboxylic acids is 1. The zero-order valence-electron chi connectivity index (χ0n) is 12.4. The minimum atomic E-state index is -0.130. The molecule has 1 saturated carbocycles. The van der Waals surface area contributed by atoms with Crippen LogP contribution in [0.1, 0.15) is 50.0 Å². The summed E-state index contributed by atoms with van der Waals surface area (Å²) in [6.07, 6.45) is 8.23. The standard InChI is InChI=1S/C15H24N4O/c1-3-17-14-10-16-9-13(19-14)15(20)18-8-12-7-5-4-6-11(12)2/h9-12H,3-8H2,1-2H3,(H,17,19)(H,18,20). The summed E-state index contributed by atoms with van der Waals surface area (Å²) in [4.78, 5) is 20.4. The van der Waals surface area contributed by atoms with Crippen molar-refractivity contribution in [3.63, 3.8) is 0 Å². The predicted octanol–water partition coefficient (Wildman–Crippen LogP) is 2.46. The van der Waals surface area contributed by atoms with Crippen LogP contribution in [0.3, 0.4) is 0 Å². The molecule has 2 unspecified atom stereocenters. The molecule has 1 aliphatic carbocycles. The van der Waals surface area contributed by atoms with E-state index in [-0.39, 0.29) is 5.91 Å². The molecule has 0 spiro atoms. The van der Waals surface area contributed by atoms with Crippen LogP contribution in [0, 0.1) is 11.8 Å². The lowest BCUT2D eigenvalue weighted by atomic mass is 9.80. The second-order valence-corrected chi connectivity index (χ2v) is 5.55. The number of aromatic nitrogens is 2. The van der Waals surface area contributed by atoms with Gasteiger partial charge in [0.1, 0.15) is 11.5 Å². The third-order valence-electron chi connectivity index (χ3n) is 4.04. The van der Waals surface area contributed by atoms with E-state index in [1.54, 1.807) is 6.20 Å². The first-order valence-electron chi connectivity index (χ1n) is 7.54. The highest BCUT2D eigenvalue weighted by molar-refractivity contribution is 5.92. The van der Waals surface area contributed by atoms with E-state index in [0.717, 1.165) is 13.1 Å². The molecule has 5 nitrogen and oxygen atoms in total. The highest BCUT2D eigenvalue weighted by Gasteiger charge is 2.22. The van der Waals surface area contributed by atoms with Crippen LogP contribution in [-0.4, -0.2) is 29.0 Å². The van der Waals surface area contributed by atoms with Crippen LogP contribution in [-0.2, 0) is 0 Å². The quantitative estimate of drug-likeness (QED) is 0.867. The van der Waals surface area contributed by atoms with E-state index >= 15 is 0 Å². The van der Waals surface area contributed by atoms with Crippen molar-refractivity contribution in [2.45, 2.75) is 39.5 Å². The minimum Gasteiger partial charge on any atom is -0.369 e. The average molecular weight is 276 g/mol. The highest BCUT2D eigenvalue weighted by atomic mass is 16.1. The molecule has 1 aliphatic rings. The van der Waals surface area contributed by atoms with Crippen LogP contribution in [0.5, 0.6) is 0 Å². The van der Waals surface area contributed by atoms with Gasteiger partial charge in [0.05, 0.1) is 12.4 Å². The molecule has 1 aromatic heterocycles. The summed E-state index contributed by atoms with van der Waals surface area (Å²) < 4.78 is 0. The molecule has 110 valence electrons. The molecular formula is C15H24N4O. The lowest BCUT2D eigenvalue weighted by Gasteiger charge is -2.28. The Balaban J connectivity index is 1.89. The summed E-state index contributed by atoms with van der Waals surface area (Å²) in [7, 11) is 0. The molecule has 1 fully saturated rings. The van der Waals surface area contributed by atoms with E-state index < -0.39 is 0 Å². The lowest BCUT2D eigenvalue weighted by Crippen LogP contribution is -2.34. The Kier molecular flexibility index (Phi) is 5.32. The summed E-state index contributed by atoms with van der Waals surface area (Å²) in [5, 5.41) is 6.06. The Morgan fingerprint density at radius 1 is 1.35 bits per heavy atom. The van der Waals surface area contributed by atoms with Crippen LogP contribution in [0.2, 0.25) is 0 Å². The first-order chi connectivity index (χ1) is 9.70. The van der Waals surface area contributed by atoms with Crippen molar-refractivity contribution >= 4 is 11.7 Å². The average Bonchev–Trinajstić information content (AvgIpc) is 2.47. The number of rotatable bonds is 5. The van der Waals surface area contributed by atoms with Gasteiger partial charge in [-0.25, -0.2) is 4.98 Å². The largest absolute Gasteiger partial charge is 0.369 e. The Morgan fingerprint density at radius 3 is 2.90 bits per heavy atom. The van der Waals surface area contributed by atoms with Crippen molar-refractivity contribution in [3.8, 4) is 0 Å². The molecule has 1 amide bonds. The topological polar surface area (TPSA) is 66.9 Å². The van der Waals surface area contributed by atoms with E-state index in [9.17, 15) is 4.79 Å². The molecule has 0 radical (unpaired) electrons. The molecule has 5 heteroatoms. The number of amides is 1. The van der Waals surface area contributed by atoms with Gasteiger partial charge in [-0.05, 0) is 25.2 Å². The van der Waals surface area contributed by atoms with Gasteiger partial charge < -0.3 is 10.6 Å². The zero-order valence-corrected chi connectivity index (χ0v) is 12.4. The summed E-state index contributed by atoms with van der Waals surface area (Å²) in [5.41, 5.74) is 0.381. The lowest BCUT2D eigenvalue weighted by molar-refractivity contribution is 0.0931. The van der Waals surface area contributed by atoms with Gasteiger partial charge in [0.25, 0.3) is 5.91 Å². The summed E-state index contributed by atoms with van der Waals surface area (Å²) >= 11 is 0. The Bertz CT molecular complexity index is 449. The fourth-order valence-corrected chi connectivity index (χ4v) is 2.75. The number of hydrogen-bond donors (Lipinski definition) is 2. The van der Waals surface area contributed by atoms with Gasteiger partial charge in [0, 0.05) is 13.1 Å². The smallest absolute Gasteiger partial charge is 0.271 e. The van der Waals surface area contributed by atoms with Crippen molar-refractivity contribution in [3.05, 3.63) is 18.1 Å². The van der Waals surface area contributed by atoms with E-state index in [2.05, 4.69) is 27.5 Å². The fourth-order valence-electron chi connectivity index (χ4n) is 2.75. The minimum absolute atomic E-state index is 0.130. The number of hydrogen-bond acceptors (Lipinski definition) is 4. The van der Waals surface area contributed by atoms with Gasteiger partial charge in [0.2, 0.25) is 0 Å². The van der Waals surface area contributed by atoms with Crippen LogP contribution in [0.25, 0.3) is 0 Å². The maximum atomic E-state index is 12.1. The van der Waals surface area contributed by atoms with Crippen molar-refractivity contribution in [1.82, 2.24) is 15.3 Å². The first-order valence-corrected chi connectivity index (χ1v) is 7.54. The van der Waals surface area contributed by atoms with Crippen molar-refractivity contribution in [1.29, 1.82) is 0 Å². The van der Waals surface area contributed by atoms with E-state index in [1.165, 1.54) is 31.9 Å². The summed E-state index contributed by atoms with van der Waals surface area (Å²) in [6.45, 7) is 5.77. The zero-order chi connectivity index (χ0) is 14.4. The van der Waals surface area contributed by atoms with Gasteiger partial charge >= 0.3 is 0 Å². The predicted molar refractivity (Wildman–Crippen MR) is 79.7 cm³/mol. The van der Waals surface area contributed by atoms with Crippen LogP contribution in [0.4, 0.5) is 5.82 Å². The molecule has 2 N–H and O–H groups in total. The number of carbonyl (C=O) groups is 1. The number of anilines is 1. The fraction of sp³-hybridized carbons (Fsp3) is 0.667. The molecule has 1 aromatic rings. The van der Waals surface area contributed by atoms with Gasteiger partial charge in [0.15, 0.2) is 0 Å². The normalized spacial score (nSPS) is 22.3. The third kappa shape index (κ3) is 3.92. The second kappa shape index (κ2) is 7.22. The van der Waals surface area contributed by atoms with Crippen LogP contribution >= 0.6 is 0 Å². The molecular weight excluding hydrogens is 252 g/mol. The summed E-state index contributed by atoms with van der Waals surface area (Å²) in [6, 6.07) is 0. The third-order valence-corrected chi connectivity index (χ3v) is 4.04. The molecule has 0 bridgehead atoms. The van der Waals surface area contributed by atoms with Crippen molar-refractivity contribution in [2.75, 3.05) is 18.4 Å². The number of nitrogens with zero attached hydrogens (tertiary/aromatic N) is 2. The Hall–Kier alpha value is -1.65. The van der Waals surface area contributed by atoms with Gasteiger partial charge in [-0.1, -0.05) is 26.2 Å². The van der Waals surface area contributed by atoms with Gasteiger partial charge in [-0.3, -0.25) is 9.78 Å². The summed E-state index contributed by atoms with van der Waals surface area (Å²) in [5.74, 6) is 1.81. The molecule has 0 aromatic carbocycles. The molecule has 0 aliphatic heterocycles. The maximum absolute atomic E-state index is 12.1. The Labute approximate surface area is 120 Å². The van der Waals surface area contributed by atoms with Crippen LogP contribution in [0.15, 0.2) is 12.4 Å². The van der Waals surface area contributed by atoms with Crippen molar-refractivity contribution < 1.29 is 4.79 Å². The first kappa shape index (κ1) is 14.8. The van der Waals surface area contributed by atoms with Gasteiger partial charge in [-0.15, -0.1) is 0 Å². The van der Waals surface area contributed by atoms with Gasteiger partial charge in [-0.2, -0.15) is 0 Å². The molecule has 2 atom stereocenters.